The lowest BCUT2D eigenvalue weighted by atomic mass is 10.2. The van der Waals surface area contributed by atoms with Crippen LogP contribution >= 0.6 is 15.9 Å². The van der Waals surface area contributed by atoms with E-state index >= 15 is 0 Å². The van der Waals surface area contributed by atoms with E-state index in [0.717, 1.165) is 47.5 Å². The highest BCUT2D eigenvalue weighted by atomic mass is 79.9. The molecule has 0 saturated carbocycles. The second kappa shape index (κ2) is 6.41. The van der Waals surface area contributed by atoms with Gasteiger partial charge in [0.15, 0.2) is 11.5 Å². The number of aliphatic hydroxyl groups is 1. The average Bonchev–Trinajstić information content (AvgIpc) is 2.77. The smallest absolute Gasteiger partial charge is 0.231 e. The fraction of sp³-hybridized carbons (Fsp3) is 0.538. The Kier molecular flexibility index (Phi) is 4.86. The molecule has 0 spiro atoms. The first-order valence-corrected chi connectivity index (χ1v) is 6.93. The molecule has 1 aliphatic heterocycles. The van der Waals surface area contributed by atoms with Gasteiger partial charge in [-0.3, -0.25) is 0 Å². The zero-order valence-electron chi connectivity index (χ0n) is 10.4. The molecule has 0 amide bonds. The van der Waals surface area contributed by atoms with E-state index in [4.69, 9.17) is 14.6 Å². The highest BCUT2D eigenvalue weighted by molar-refractivity contribution is 9.10. The summed E-state index contributed by atoms with van der Waals surface area (Å²) in [6.45, 7) is 3.79. The van der Waals surface area contributed by atoms with Crippen molar-refractivity contribution in [3.8, 4) is 11.5 Å². The molecular weight excluding hydrogens is 298 g/mol. The minimum Gasteiger partial charge on any atom is -0.454 e. The molecule has 0 aromatic heterocycles. The van der Waals surface area contributed by atoms with E-state index in [-0.39, 0.29) is 6.10 Å². The lowest BCUT2D eigenvalue weighted by molar-refractivity contribution is 0.173. The number of benzene rings is 1. The zero-order valence-corrected chi connectivity index (χ0v) is 12.0. The van der Waals surface area contributed by atoms with E-state index < -0.39 is 0 Å². The first kappa shape index (κ1) is 13.6. The van der Waals surface area contributed by atoms with E-state index in [1.165, 1.54) is 0 Å². The summed E-state index contributed by atoms with van der Waals surface area (Å²) in [6.07, 6.45) is 1.59. The van der Waals surface area contributed by atoms with Crippen LogP contribution in [-0.2, 0) is 6.54 Å². The van der Waals surface area contributed by atoms with Gasteiger partial charge in [0.05, 0.1) is 10.6 Å². The number of hydrogen-bond donors (Lipinski definition) is 2. The van der Waals surface area contributed by atoms with Crippen molar-refractivity contribution >= 4 is 15.9 Å². The summed E-state index contributed by atoms with van der Waals surface area (Å²) in [4.78, 5) is 0. The molecule has 2 N–H and O–H groups in total. The first-order valence-electron chi connectivity index (χ1n) is 6.13. The van der Waals surface area contributed by atoms with E-state index in [1.807, 2.05) is 19.1 Å². The lowest BCUT2D eigenvalue weighted by Crippen LogP contribution is -2.16. The van der Waals surface area contributed by atoms with Gasteiger partial charge in [0.25, 0.3) is 0 Å². The molecule has 1 aromatic carbocycles. The highest BCUT2D eigenvalue weighted by Crippen LogP contribution is 2.39. The van der Waals surface area contributed by atoms with Crippen LogP contribution in [0.4, 0.5) is 0 Å². The molecule has 0 aliphatic carbocycles. The standard InChI is InChI=1S/C13H18BrNO3/c1-9(16)3-2-4-15-7-10-5-11(14)13-12(6-10)17-8-18-13/h5-6,9,15-16H,2-4,7-8H2,1H3. The van der Waals surface area contributed by atoms with Crippen LogP contribution in [0.2, 0.25) is 0 Å². The molecule has 1 aliphatic rings. The molecule has 0 saturated heterocycles. The minimum absolute atomic E-state index is 0.216. The Bertz CT molecular complexity index is 409. The number of ether oxygens (including phenoxy) is 2. The Morgan fingerprint density at radius 3 is 3.06 bits per heavy atom. The molecule has 0 fully saturated rings. The van der Waals surface area contributed by atoms with Crippen molar-refractivity contribution in [2.24, 2.45) is 0 Å². The van der Waals surface area contributed by atoms with Gasteiger partial charge in [-0.1, -0.05) is 0 Å². The molecule has 0 radical (unpaired) electrons. The summed E-state index contributed by atoms with van der Waals surface area (Å²) < 4.78 is 11.6. The Hall–Kier alpha value is -0.780. The molecule has 0 bridgehead atoms. The van der Waals surface area contributed by atoms with Crippen molar-refractivity contribution in [2.75, 3.05) is 13.3 Å². The first-order chi connectivity index (χ1) is 8.66. The number of halogens is 1. The van der Waals surface area contributed by atoms with Crippen LogP contribution in [0.15, 0.2) is 16.6 Å². The molecule has 1 aromatic rings. The zero-order chi connectivity index (χ0) is 13.0. The van der Waals surface area contributed by atoms with Crippen molar-refractivity contribution in [1.29, 1.82) is 0 Å². The summed E-state index contributed by atoms with van der Waals surface area (Å²) in [7, 11) is 0. The predicted octanol–water partition coefficient (Wildman–Crippen LogP) is 2.43. The molecule has 5 heteroatoms. The van der Waals surface area contributed by atoms with E-state index in [1.54, 1.807) is 0 Å². The van der Waals surface area contributed by atoms with Gasteiger partial charge in [0.1, 0.15) is 0 Å². The van der Waals surface area contributed by atoms with Gasteiger partial charge >= 0.3 is 0 Å². The van der Waals surface area contributed by atoms with Crippen molar-refractivity contribution < 1.29 is 14.6 Å². The summed E-state index contributed by atoms with van der Waals surface area (Å²) in [5, 5.41) is 12.5. The van der Waals surface area contributed by atoms with Gasteiger partial charge in [-0.15, -0.1) is 0 Å². The van der Waals surface area contributed by atoms with Crippen LogP contribution in [-0.4, -0.2) is 24.5 Å². The van der Waals surface area contributed by atoms with E-state index in [2.05, 4.69) is 21.2 Å². The van der Waals surface area contributed by atoms with Crippen LogP contribution in [0, 0.1) is 0 Å². The summed E-state index contributed by atoms with van der Waals surface area (Å²) >= 11 is 3.47. The third kappa shape index (κ3) is 3.60. The second-order valence-corrected chi connectivity index (χ2v) is 5.33. The minimum atomic E-state index is -0.216. The molecule has 1 unspecified atom stereocenters. The quantitative estimate of drug-likeness (QED) is 0.792. The highest BCUT2D eigenvalue weighted by Gasteiger charge is 2.17. The van der Waals surface area contributed by atoms with Crippen molar-refractivity contribution in [1.82, 2.24) is 5.32 Å². The number of nitrogens with one attached hydrogen (secondary N) is 1. The third-order valence-corrected chi connectivity index (χ3v) is 3.38. The van der Waals surface area contributed by atoms with Gasteiger partial charge in [-0.2, -0.15) is 0 Å². The number of aliphatic hydroxyl groups excluding tert-OH is 1. The maximum absolute atomic E-state index is 9.15. The normalized spacial score (nSPS) is 14.8. The van der Waals surface area contributed by atoms with Gasteiger partial charge < -0.3 is 19.9 Å². The van der Waals surface area contributed by atoms with Gasteiger partial charge in [-0.25, -0.2) is 0 Å². The number of fused-ring (bicyclic) bond motifs is 1. The van der Waals surface area contributed by atoms with E-state index in [9.17, 15) is 0 Å². The number of rotatable bonds is 6. The van der Waals surface area contributed by atoms with Crippen LogP contribution in [0.3, 0.4) is 0 Å². The second-order valence-electron chi connectivity index (χ2n) is 4.48. The van der Waals surface area contributed by atoms with Crippen LogP contribution < -0.4 is 14.8 Å². The monoisotopic (exact) mass is 315 g/mol. The van der Waals surface area contributed by atoms with Crippen LogP contribution in [0.25, 0.3) is 0 Å². The Balaban J connectivity index is 1.81. The van der Waals surface area contributed by atoms with Gasteiger partial charge in [-0.05, 0) is 59.9 Å². The number of hydrogen-bond acceptors (Lipinski definition) is 4. The summed E-state index contributed by atoms with van der Waals surface area (Å²) in [5.74, 6) is 1.58. The van der Waals surface area contributed by atoms with Crippen molar-refractivity contribution in [2.45, 2.75) is 32.4 Å². The topological polar surface area (TPSA) is 50.7 Å². The van der Waals surface area contributed by atoms with E-state index in [0.29, 0.717) is 6.79 Å². The molecule has 100 valence electrons. The van der Waals surface area contributed by atoms with Crippen molar-refractivity contribution in [3.63, 3.8) is 0 Å². The average molecular weight is 316 g/mol. The maximum Gasteiger partial charge on any atom is 0.231 e. The third-order valence-electron chi connectivity index (χ3n) is 2.79. The van der Waals surface area contributed by atoms with Crippen LogP contribution in [0.1, 0.15) is 25.3 Å². The van der Waals surface area contributed by atoms with Gasteiger partial charge in [0, 0.05) is 6.54 Å². The summed E-state index contributed by atoms with van der Waals surface area (Å²) in [6, 6.07) is 4.03. The Morgan fingerprint density at radius 1 is 1.44 bits per heavy atom. The largest absolute Gasteiger partial charge is 0.454 e. The fourth-order valence-corrected chi connectivity index (χ4v) is 2.48. The fourth-order valence-electron chi connectivity index (χ4n) is 1.88. The molecular formula is C13H18BrNO3. The van der Waals surface area contributed by atoms with Crippen LogP contribution in [0.5, 0.6) is 11.5 Å². The Morgan fingerprint density at radius 2 is 2.28 bits per heavy atom. The Labute approximate surface area is 115 Å². The molecule has 18 heavy (non-hydrogen) atoms. The van der Waals surface area contributed by atoms with Crippen molar-refractivity contribution in [3.05, 3.63) is 22.2 Å². The predicted molar refractivity (Wildman–Crippen MR) is 72.9 cm³/mol. The SMILES string of the molecule is CC(O)CCCNCc1cc(Br)c2c(c1)OCO2. The lowest BCUT2D eigenvalue weighted by Gasteiger charge is -2.08. The molecule has 1 atom stereocenters. The maximum atomic E-state index is 9.15. The molecule has 1 heterocycles. The molecule has 4 nitrogen and oxygen atoms in total. The van der Waals surface area contributed by atoms with Gasteiger partial charge in [0.2, 0.25) is 6.79 Å². The summed E-state index contributed by atoms with van der Waals surface area (Å²) in [5.41, 5.74) is 1.16. The molecule has 2 rings (SSSR count).